The van der Waals surface area contributed by atoms with Crippen molar-refractivity contribution in [3.05, 3.63) is 28.2 Å². The summed E-state index contributed by atoms with van der Waals surface area (Å²) in [6, 6.07) is 7.05. The van der Waals surface area contributed by atoms with Crippen molar-refractivity contribution in [1.29, 1.82) is 0 Å². The number of halogens is 1. The van der Waals surface area contributed by atoms with E-state index >= 15 is 0 Å². The molecule has 1 aromatic rings. The Morgan fingerprint density at radius 3 is 3.00 bits per heavy atom. The molecule has 1 unspecified atom stereocenters. The molecule has 1 atom stereocenters. The number of aryl methyl sites for hydroxylation is 1. The van der Waals surface area contributed by atoms with Crippen molar-refractivity contribution in [3.63, 3.8) is 0 Å². The molecular weight excluding hydrogens is 264 g/mol. The fraction of sp³-hybridized carbons (Fsp3) is 0.538. The lowest BCUT2D eigenvalue weighted by Crippen LogP contribution is -2.39. The zero-order valence-corrected chi connectivity index (χ0v) is 11.3. The van der Waals surface area contributed by atoms with Crippen molar-refractivity contribution in [3.8, 4) is 0 Å². The number of piperidine rings is 1. The van der Waals surface area contributed by atoms with Crippen molar-refractivity contribution in [1.82, 2.24) is 5.32 Å². The van der Waals surface area contributed by atoms with Crippen LogP contribution in [0.15, 0.2) is 22.7 Å². The molecule has 0 spiro atoms. The van der Waals surface area contributed by atoms with Crippen molar-refractivity contribution in [2.24, 2.45) is 0 Å². The van der Waals surface area contributed by atoms with Crippen LogP contribution >= 0.6 is 15.9 Å². The lowest BCUT2D eigenvalue weighted by Gasteiger charge is -2.24. The zero-order valence-electron chi connectivity index (χ0n) is 9.72. The average Bonchev–Trinajstić information content (AvgIpc) is 2.32. The molecule has 1 fully saturated rings. The van der Waals surface area contributed by atoms with Gasteiger partial charge in [-0.15, -0.1) is 0 Å². The molecule has 0 amide bonds. The van der Waals surface area contributed by atoms with Crippen molar-refractivity contribution < 1.29 is 0 Å². The number of anilines is 1. The first kappa shape index (κ1) is 11.9. The average molecular weight is 283 g/mol. The molecule has 2 N–H and O–H groups in total. The number of rotatable bonds is 3. The van der Waals surface area contributed by atoms with Gasteiger partial charge in [0.25, 0.3) is 0 Å². The first-order chi connectivity index (χ1) is 7.75. The van der Waals surface area contributed by atoms with E-state index in [2.05, 4.69) is 51.7 Å². The van der Waals surface area contributed by atoms with Gasteiger partial charge in [-0.3, -0.25) is 0 Å². The van der Waals surface area contributed by atoms with E-state index < -0.39 is 0 Å². The molecule has 1 aliphatic rings. The number of hydrogen-bond acceptors (Lipinski definition) is 2. The van der Waals surface area contributed by atoms with Gasteiger partial charge in [-0.05, 0) is 50.1 Å². The van der Waals surface area contributed by atoms with Gasteiger partial charge < -0.3 is 10.6 Å². The molecule has 88 valence electrons. The molecule has 0 radical (unpaired) electrons. The SMILES string of the molecule is Cc1cc(NCC2CCCCN2)ccc1Br. The van der Waals surface area contributed by atoms with Crippen LogP contribution in [0.2, 0.25) is 0 Å². The summed E-state index contributed by atoms with van der Waals surface area (Å²) in [5.74, 6) is 0. The van der Waals surface area contributed by atoms with Crippen molar-refractivity contribution in [2.75, 3.05) is 18.4 Å². The standard InChI is InChI=1S/C13H19BrN2/c1-10-8-11(5-6-13(10)14)16-9-12-4-2-3-7-15-12/h5-6,8,12,15-16H,2-4,7,9H2,1H3. The third kappa shape index (κ3) is 3.22. The molecule has 1 aliphatic heterocycles. The van der Waals surface area contributed by atoms with E-state index in [1.165, 1.54) is 41.5 Å². The van der Waals surface area contributed by atoms with Crippen LogP contribution in [0.1, 0.15) is 24.8 Å². The molecule has 1 heterocycles. The summed E-state index contributed by atoms with van der Waals surface area (Å²) in [4.78, 5) is 0. The highest BCUT2D eigenvalue weighted by Crippen LogP contribution is 2.20. The van der Waals surface area contributed by atoms with Crippen LogP contribution in [0.3, 0.4) is 0 Å². The summed E-state index contributed by atoms with van der Waals surface area (Å²) < 4.78 is 1.17. The Balaban J connectivity index is 1.86. The smallest absolute Gasteiger partial charge is 0.0344 e. The van der Waals surface area contributed by atoms with E-state index in [0.29, 0.717) is 6.04 Å². The highest BCUT2D eigenvalue weighted by Gasteiger charge is 2.11. The van der Waals surface area contributed by atoms with Gasteiger partial charge in [0.2, 0.25) is 0 Å². The van der Waals surface area contributed by atoms with Gasteiger partial charge in [0.05, 0.1) is 0 Å². The van der Waals surface area contributed by atoms with Crippen LogP contribution in [0.5, 0.6) is 0 Å². The predicted octanol–water partition coefficient (Wildman–Crippen LogP) is 3.31. The predicted molar refractivity (Wildman–Crippen MR) is 73.0 cm³/mol. The fourth-order valence-electron chi connectivity index (χ4n) is 2.09. The lowest BCUT2D eigenvalue weighted by molar-refractivity contribution is 0.414. The number of hydrogen-bond donors (Lipinski definition) is 2. The van der Waals surface area contributed by atoms with E-state index in [0.717, 1.165) is 6.54 Å². The highest BCUT2D eigenvalue weighted by molar-refractivity contribution is 9.10. The quantitative estimate of drug-likeness (QED) is 0.889. The van der Waals surface area contributed by atoms with Gasteiger partial charge in [0.1, 0.15) is 0 Å². The van der Waals surface area contributed by atoms with E-state index in [-0.39, 0.29) is 0 Å². The molecule has 1 aromatic carbocycles. The van der Waals surface area contributed by atoms with Gasteiger partial charge >= 0.3 is 0 Å². The van der Waals surface area contributed by atoms with Gasteiger partial charge in [-0.2, -0.15) is 0 Å². The Kier molecular flexibility index (Phi) is 4.24. The second-order valence-corrected chi connectivity index (χ2v) is 5.35. The number of benzene rings is 1. The highest BCUT2D eigenvalue weighted by atomic mass is 79.9. The van der Waals surface area contributed by atoms with E-state index in [9.17, 15) is 0 Å². The summed E-state index contributed by atoms with van der Waals surface area (Å²) in [5.41, 5.74) is 2.50. The summed E-state index contributed by atoms with van der Waals surface area (Å²) in [5, 5.41) is 7.04. The maximum absolute atomic E-state index is 3.54. The summed E-state index contributed by atoms with van der Waals surface area (Å²) >= 11 is 3.52. The lowest BCUT2D eigenvalue weighted by atomic mass is 10.1. The van der Waals surface area contributed by atoms with Crippen molar-refractivity contribution >= 4 is 21.6 Å². The topological polar surface area (TPSA) is 24.1 Å². The first-order valence-electron chi connectivity index (χ1n) is 5.99. The largest absolute Gasteiger partial charge is 0.383 e. The fourth-order valence-corrected chi connectivity index (χ4v) is 2.34. The van der Waals surface area contributed by atoms with Crippen LogP contribution < -0.4 is 10.6 Å². The molecule has 1 saturated heterocycles. The van der Waals surface area contributed by atoms with E-state index in [1.54, 1.807) is 0 Å². The Labute approximate surface area is 106 Å². The third-order valence-electron chi connectivity index (χ3n) is 3.12. The third-order valence-corrected chi connectivity index (χ3v) is 4.01. The number of nitrogens with one attached hydrogen (secondary N) is 2. The van der Waals surface area contributed by atoms with Crippen LogP contribution in [-0.2, 0) is 0 Å². The molecule has 16 heavy (non-hydrogen) atoms. The molecule has 0 aromatic heterocycles. The van der Waals surface area contributed by atoms with Crippen LogP contribution in [-0.4, -0.2) is 19.1 Å². The van der Waals surface area contributed by atoms with Crippen LogP contribution in [0.25, 0.3) is 0 Å². The molecular formula is C13H19BrN2. The summed E-state index contributed by atoms with van der Waals surface area (Å²) in [6.07, 6.45) is 3.98. The zero-order chi connectivity index (χ0) is 11.4. The maximum Gasteiger partial charge on any atom is 0.0344 e. The first-order valence-corrected chi connectivity index (χ1v) is 6.78. The van der Waals surface area contributed by atoms with Crippen LogP contribution in [0, 0.1) is 6.92 Å². The van der Waals surface area contributed by atoms with E-state index in [4.69, 9.17) is 0 Å². The van der Waals surface area contributed by atoms with Crippen molar-refractivity contribution in [2.45, 2.75) is 32.2 Å². The van der Waals surface area contributed by atoms with Gasteiger partial charge in [0, 0.05) is 22.7 Å². The molecule has 2 rings (SSSR count). The minimum absolute atomic E-state index is 0.637. The summed E-state index contributed by atoms with van der Waals surface area (Å²) in [7, 11) is 0. The normalized spacial score (nSPS) is 20.8. The van der Waals surface area contributed by atoms with Crippen LogP contribution in [0.4, 0.5) is 5.69 Å². The summed E-state index contributed by atoms with van der Waals surface area (Å²) in [6.45, 7) is 4.32. The molecule has 0 saturated carbocycles. The van der Waals surface area contributed by atoms with Gasteiger partial charge in [0.15, 0.2) is 0 Å². The van der Waals surface area contributed by atoms with Gasteiger partial charge in [-0.1, -0.05) is 22.4 Å². The second-order valence-electron chi connectivity index (χ2n) is 4.49. The molecule has 2 nitrogen and oxygen atoms in total. The molecule has 3 heteroatoms. The monoisotopic (exact) mass is 282 g/mol. The minimum atomic E-state index is 0.637. The molecule has 0 bridgehead atoms. The molecule has 0 aliphatic carbocycles. The Bertz CT molecular complexity index is 346. The Morgan fingerprint density at radius 2 is 2.31 bits per heavy atom. The Morgan fingerprint density at radius 1 is 1.44 bits per heavy atom. The second kappa shape index (κ2) is 5.69. The minimum Gasteiger partial charge on any atom is -0.383 e. The van der Waals surface area contributed by atoms with Gasteiger partial charge in [-0.25, -0.2) is 0 Å². The Hall–Kier alpha value is -0.540. The maximum atomic E-state index is 3.54. The van der Waals surface area contributed by atoms with E-state index in [1.807, 2.05) is 0 Å².